The van der Waals surface area contributed by atoms with Crippen molar-refractivity contribution in [3.05, 3.63) is 35.9 Å². The number of amides is 4. The van der Waals surface area contributed by atoms with E-state index in [2.05, 4.69) is 10.6 Å². The zero-order chi connectivity index (χ0) is 20.6. The van der Waals surface area contributed by atoms with E-state index in [1.807, 2.05) is 37.3 Å². The first-order valence-corrected chi connectivity index (χ1v) is 9.45. The van der Waals surface area contributed by atoms with Crippen molar-refractivity contribution < 1.29 is 23.9 Å². The van der Waals surface area contributed by atoms with Crippen LogP contribution in [0.1, 0.15) is 38.7 Å². The second-order valence-corrected chi connectivity index (χ2v) is 6.83. The van der Waals surface area contributed by atoms with Gasteiger partial charge in [0.2, 0.25) is 5.91 Å². The maximum atomic E-state index is 13.0. The van der Waals surface area contributed by atoms with Crippen molar-refractivity contribution in [3.63, 3.8) is 0 Å². The van der Waals surface area contributed by atoms with Crippen LogP contribution in [0.5, 0.6) is 0 Å². The third-order valence-corrected chi connectivity index (χ3v) is 4.90. The van der Waals surface area contributed by atoms with Crippen LogP contribution in [0.3, 0.4) is 0 Å². The third kappa shape index (κ3) is 5.31. The van der Waals surface area contributed by atoms with E-state index in [9.17, 15) is 19.2 Å². The second kappa shape index (κ2) is 9.87. The van der Waals surface area contributed by atoms with Crippen molar-refractivity contribution in [2.24, 2.45) is 0 Å². The van der Waals surface area contributed by atoms with Crippen molar-refractivity contribution in [1.29, 1.82) is 0 Å². The molecule has 0 spiro atoms. The fraction of sp³-hybridized carbons (Fsp3) is 0.500. The van der Waals surface area contributed by atoms with Gasteiger partial charge in [0.1, 0.15) is 0 Å². The molecule has 4 amide bonds. The monoisotopic (exact) mass is 389 g/mol. The van der Waals surface area contributed by atoms with Gasteiger partial charge in [-0.3, -0.25) is 19.7 Å². The Kier molecular flexibility index (Phi) is 7.54. The molecule has 0 aromatic heterocycles. The Hall–Kier alpha value is -2.90. The van der Waals surface area contributed by atoms with Gasteiger partial charge in [0, 0.05) is 26.6 Å². The van der Waals surface area contributed by atoms with Crippen LogP contribution in [-0.4, -0.2) is 55.0 Å². The first kappa shape index (κ1) is 21.4. The molecule has 0 atom stereocenters. The van der Waals surface area contributed by atoms with Crippen molar-refractivity contribution in [2.45, 2.75) is 38.5 Å². The average molecular weight is 389 g/mol. The van der Waals surface area contributed by atoms with Crippen LogP contribution in [0.25, 0.3) is 0 Å². The Labute approximate surface area is 164 Å². The van der Waals surface area contributed by atoms with Gasteiger partial charge in [-0.1, -0.05) is 37.3 Å². The minimum atomic E-state index is -0.919. The van der Waals surface area contributed by atoms with E-state index in [-0.39, 0.29) is 5.91 Å². The Morgan fingerprint density at radius 2 is 1.75 bits per heavy atom. The summed E-state index contributed by atoms with van der Waals surface area (Å²) in [7, 11) is 0. The molecule has 1 aliphatic heterocycles. The maximum absolute atomic E-state index is 13.0. The average Bonchev–Trinajstić information content (AvgIpc) is 2.71. The van der Waals surface area contributed by atoms with Crippen molar-refractivity contribution in [2.75, 3.05) is 26.2 Å². The van der Waals surface area contributed by atoms with Crippen LogP contribution in [0.4, 0.5) is 4.79 Å². The zero-order valence-corrected chi connectivity index (χ0v) is 16.3. The van der Waals surface area contributed by atoms with E-state index in [0.29, 0.717) is 32.5 Å². The molecule has 1 saturated heterocycles. The lowest BCUT2D eigenvalue weighted by Gasteiger charge is -2.40. The molecule has 8 heteroatoms. The highest BCUT2D eigenvalue weighted by Crippen LogP contribution is 2.37. The number of piperidine rings is 1. The van der Waals surface area contributed by atoms with E-state index < -0.39 is 29.9 Å². The van der Waals surface area contributed by atoms with Crippen LogP contribution in [-0.2, 0) is 24.5 Å². The highest BCUT2D eigenvalue weighted by atomic mass is 16.5. The quantitative estimate of drug-likeness (QED) is 0.715. The second-order valence-electron chi connectivity index (χ2n) is 6.83. The number of urea groups is 1. The summed E-state index contributed by atoms with van der Waals surface area (Å²) in [6.45, 7) is 4.17. The number of nitrogens with zero attached hydrogens (tertiary/aromatic N) is 1. The molecule has 28 heavy (non-hydrogen) atoms. The molecule has 1 aliphatic rings. The van der Waals surface area contributed by atoms with Crippen LogP contribution in [0, 0.1) is 0 Å². The Morgan fingerprint density at radius 3 is 2.32 bits per heavy atom. The highest BCUT2D eigenvalue weighted by Gasteiger charge is 2.44. The number of ether oxygens (including phenoxy) is 1. The summed E-state index contributed by atoms with van der Waals surface area (Å²) < 4.78 is 5.27. The van der Waals surface area contributed by atoms with E-state index >= 15 is 0 Å². The molecule has 8 nitrogen and oxygen atoms in total. The summed E-state index contributed by atoms with van der Waals surface area (Å²) in [4.78, 5) is 49.7. The fourth-order valence-corrected chi connectivity index (χ4v) is 3.29. The summed E-state index contributed by atoms with van der Waals surface area (Å²) >= 11 is 0. The minimum absolute atomic E-state index is 0.0347. The maximum Gasteiger partial charge on any atom is 0.321 e. The van der Waals surface area contributed by atoms with Gasteiger partial charge in [-0.15, -0.1) is 0 Å². The summed E-state index contributed by atoms with van der Waals surface area (Å²) in [6.07, 6.45) is 1.57. The summed E-state index contributed by atoms with van der Waals surface area (Å²) in [5.41, 5.74) is -0.123. The molecule has 1 fully saturated rings. The predicted molar refractivity (Wildman–Crippen MR) is 102 cm³/mol. The van der Waals surface area contributed by atoms with Crippen molar-refractivity contribution in [3.8, 4) is 0 Å². The lowest BCUT2D eigenvalue weighted by molar-refractivity contribution is -0.157. The van der Waals surface area contributed by atoms with Crippen molar-refractivity contribution in [1.82, 2.24) is 15.5 Å². The normalized spacial score (nSPS) is 15.4. The predicted octanol–water partition coefficient (Wildman–Crippen LogP) is 1.35. The van der Waals surface area contributed by atoms with Crippen LogP contribution < -0.4 is 10.6 Å². The van der Waals surface area contributed by atoms with Gasteiger partial charge in [-0.25, -0.2) is 4.79 Å². The molecule has 152 valence electrons. The molecule has 0 saturated carbocycles. The van der Waals surface area contributed by atoms with E-state index in [0.717, 1.165) is 12.0 Å². The molecule has 1 aromatic carbocycles. The number of carbonyl (C=O) groups excluding carboxylic acids is 4. The molecule has 1 aromatic rings. The molecule has 2 N–H and O–H groups in total. The minimum Gasteiger partial charge on any atom is -0.455 e. The standard InChI is InChI=1S/C20H27N3O5/c1-3-11-21-19(27)22-17(25)14-28-18(26)20(16-7-5-4-6-8-16)9-12-23(13-10-20)15(2)24/h4-8H,3,9-14H2,1-2H3,(H2,21,22,25,27). The van der Waals surface area contributed by atoms with Gasteiger partial charge in [-0.05, 0) is 24.8 Å². The lowest BCUT2D eigenvalue weighted by atomic mass is 9.72. The van der Waals surface area contributed by atoms with Crippen LogP contribution >= 0.6 is 0 Å². The number of hydrogen-bond donors (Lipinski definition) is 2. The molecule has 0 bridgehead atoms. The summed E-state index contributed by atoms with van der Waals surface area (Å²) in [5, 5.41) is 4.64. The van der Waals surface area contributed by atoms with E-state index in [4.69, 9.17) is 4.74 Å². The zero-order valence-electron chi connectivity index (χ0n) is 16.3. The Morgan fingerprint density at radius 1 is 1.11 bits per heavy atom. The smallest absolute Gasteiger partial charge is 0.321 e. The first-order valence-electron chi connectivity index (χ1n) is 9.45. The molecule has 0 aliphatic carbocycles. The van der Waals surface area contributed by atoms with Gasteiger partial charge in [-0.2, -0.15) is 0 Å². The SMILES string of the molecule is CCCNC(=O)NC(=O)COC(=O)C1(c2ccccc2)CCN(C(C)=O)CC1. The van der Waals surface area contributed by atoms with Gasteiger partial charge in [0.25, 0.3) is 5.91 Å². The van der Waals surface area contributed by atoms with Gasteiger partial charge in [0.15, 0.2) is 6.61 Å². The molecule has 2 rings (SSSR count). The Bertz CT molecular complexity index is 712. The van der Waals surface area contributed by atoms with Gasteiger partial charge < -0.3 is 15.0 Å². The number of likely N-dealkylation sites (tertiary alicyclic amines) is 1. The van der Waals surface area contributed by atoms with Crippen LogP contribution in [0.15, 0.2) is 30.3 Å². The lowest BCUT2D eigenvalue weighted by Crippen LogP contribution is -2.50. The molecule has 1 heterocycles. The highest BCUT2D eigenvalue weighted by molar-refractivity contribution is 5.96. The van der Waals surface area contributed by atoms with Crippen molar-refractivity contribution >= 4 is 23.8 Å². The number of nitrogens with one attached hydrogen (secondary N) is 2. The summed E-state index contributed by atoms with van der Waals surface area (Å²) in [5.74, 6) is -1.25. The molecular weight excluding hydrogens is 362 g/mol. The first-order chi connectivity index (χ1) is 13.4. The summed E-state index contributed by atoms with van der Waals surface area (Å²) in [6, 6.07) is 8.62. The van der Waals surface area contributed by atoms with Gasteiger partial charge in [0.05, 0.1) is 5.41 Å². The number of benzene rings is 1. The van der Waals surface area contributed by atoms with Gasteiger partial charge >= 0.3 is 12.0 Å². The van der Waals surface area contributed by atoms with Crippen LogP contribution in [0.2, 0.25) is 0 Å². The van der Waals surface area contributed by atoms with E-state index in [1.165, 1.54) is 6.92 Å². The number of hydrogen-bond acceptors (Lipinski definition) is 5. The number of esters is 1. The van der Waals surface area contributed by atoms with E-state index in [1.54, 1.807) is 4.90 Å². The molecule has 0 unspecified atom stereocenters. The fourth-order valence-electron chi connectivity index (χ4n) is 3.29. The number of imide groups is 1. The number of carbonyl (C=O) groups is 4. The number of rotatable bonds is 6. The molecule has 0 radical (unpaired) electrons. The topological polar surface area (TPSA) is 105 Å². The third-order valence-electron chi connectivity index (χ3n) is 4.90. The molecular formula is C20H27N3O5. The Balaban J connectivity index is 2.04. The largest absolute Gasteiger partial charge is 0.455 e.